The van der Waals surface area contributed by atoms with E-state index in [1.54, 1.807) is 0 Å². The Bertz CT molecular complexity index is 295. The Morgan fingerprint density at radius 1 is 1.19 bits per heavy atom. The van der Waals surface area contributed by atoms with Gasteiger partial charge in [0.2, 0.25) is 0 Å². The molecule has 0 amide bonds. The highest BCUT2D eigenvalue weighted by Crippen LogP contribution is 2.03. The van der Waals surface area contributed by atoms with Gasteiger partial charge in [0.1, 0.15) is 0 Å². The summed E-state index contributed by atoms with van der Waals surface area (Å²) in [5, 5.41) is 16.2. The number of rotatable bonds is 5. The average Bonchev–Trinajstić information content (AvgIpc) is 2.30. The molecule has 0 saturated heterocycles. The van der Waals surface area contributed by atoms with Crippen LogP contribution in [0.25, 0.3) is 0 Å². The minimum Gasteiger partial charge on any atom is -0.198 e. The van der Waals surface area contributed by atoms with E-state index in [-0.39, 0.29) is 0 Å². The summed E-state index contributed by atoms with van der Waals surface area (Å²) in [6, 6.07) is 3.99. The average molecular weight is 259 g/mol. The molecule has 0 aliphatic rings. The van der Waals surface area contributed by atoms with Crippen LogP contribution in [-0.4, -0.2) is 11.8 Å². The van der Waals surface area contributed by atoms with Gasteiger partial charge in [0.05, 0.1) is 25.0 Å². The number of hydrogen-bond donors (Lipinski definition) is 0. The summed E-state index contributed by atoms with van der Waals surface area (Å²) < 4.78 is 0. The maximum atomic E-state index is 8.24. The van der Waals surface area contributed by atoms with Gasteiger partial charge in [-0.15, -0.1) is 23.2 Å². The Morgan fingerprint density at radius 3 is 2.00 bits per heavy atom. The van der Waals surface area contributed by atoms with E-state index >= 15 is 0 Å². The van der Waals surface area contributed by atoms with Crippen LogP contribution in [0.4, 0.5) is 0 Å². The number of nitrogens with zero attached hydrogens (tertiary/aromatic N) is 2. The van der Waals surface area contributed by atoms with Gasteiger partial charge >= 0.3 is 0 Å². The number of allylic oxidation sites excluding steroid dienone is 3. The summed E-state index contributed by atoms with van der Waals surface area (Å²) in [4.78, 5) is 0. The van der Waals surface area contributed by atoms with Crippen molar-refractivity contribution < 1.29 is 0 Å². The first-order valence-corrected chi connectivity index (χ1v) is 5.93. The molecule has 0 rings (SSSR count). The van der Waals surface area contributed by atoms with Crippen molar-refractivity contribution in [1.82, 2.24) is 0 Å². The Kier molecular flexibility index (Phi) is 15.3. The summed E-state index contributed by atoms with van der Waals surface area (Å²) in [5.74, 6) is 0.884. The van der Waals surface area contributed by atoms with Gasteiger partial charge in [-0.1, -0.05) is 19.6 Å². The Hall–Kier alpha value is -0.960. The van der Waals surface area contributed by atoms with Crippen LogP contribution >= 0.6 is 23.2 Å². The van der Waals surface area contributed by atoms with Crippen molar-refractivity contribution in [2.45, 2.75) is 26.2 Å². The van der Waals surface area contributed by atoms with Crippen LogP contribution in [0.15, 0.2) is 23.8 Å². The van der Waals surface area contributed by atoms with Crippen LogP contribution in [0.5, 0.6) is 0 Å². The minimum absolute atomic E-state index is 0.378. The highest BCUT2D eigenvalue weighted by Gasteiger charge is 1.90. The van der Waals surface area contributed by atoms with Gasteiger partial charge in [0.25, 0.3) is 0 Å². The lowest BCUT2D eigenvalue weighted by atomic mass is 10.2. The molecule has 0 atom stereocenters. The van der Waals surface area contributed by atoms with Crippen molar-refractivity contribution in [2.24, 2.45) is 0 Å². The summed E-state index contributed by atoms with van der Waals surface area (Å²) in [5.41, 5.74) is 1.81. The summed E-state index contributed by atoms with van der Waals surface area (Å²) in [6.45, 7) is 5.54. The maximum Gasteiger partial charge on any atom is 0.0666 e. The van der Waals surface area contributed by atoms with Gasteiger partial charge in [0, 0.05) is 11.8 Å². The molecule has 0 heterocycles. The summed E-state index contributed by atoms with van der Waals surface area (Å²) >= 11 is 10.8. The van der Waals surface area contributed by atoms with Crippen LogP contribution in [0.3, 0.4) is 0 Å². The normalized spacial score (nSPS) is 9.44. The molecule has 0 N–H and O–H groups in total. The van der Waals surface area contributed by atoms with Crippen molar-refractivity contribution in [3.8, 4) is 12.1 Å². The van der Waals surface area contributed by atoms with Crippen LogP contribution in [-0.2, 0) is 0 Å². The molecule has 0 aliphatic carbocycles. The van der Waals surface area contributed by atoms with E-state index in [4.69, 9.17) is 33.7 Å². The van der Waals surface area contributed by atoms with Crippen molar-refractivity contribution in [3.63, 3.8) is 0 Å². The van der Waals surface area contributed by atoms with E-state index < -0.39 is 0 Å². The molecular formula is C12H16Cl2N2. The standard InChI is InChI=1S/C7H10ClN.C5H6ClN/c1-2-3-7(6-8)4-5-9;1-5(4-6)2-3-7/h3H,2,4,6H2,1H3;1-2,4H2. The highest BCUT2D eigenvalue weighted by molar-refractivity contribution is 6.19. The molecule has 0 spiro atoms. The summed E-state index contributed by atoms with van der Waals surface area (Å²) in [7, 11) is 0. The third-order valence-electron chi connectivity index (χ3n) is 1.49. The first kappa shape index (κ1) is 17.4. The largest absolute Gasteiger partial charge is 0.198 e. The van der Waals surface area contributed by atoms with E-state index in [2.05, 4.69) is 12.6 Å². The van der Waals surface area contributed by atoms with E-state index in [0.29, 0.717) is 24.6 Å². The fourth-order valence-corrected chi connectivity index (χ4v) is 1.02. The van der Waals surface area contributed by atoms with Crippen molar-refractivity contribution in [3.05, 3.63) is 23.8 Å². The molecular weight excluding hydrogens is 243 g/mol. The second kappa shape index (κ2) is 14.0. The quantitative estimate of drug-likeness (QED) is 0.549. The molecule has 0 bridgehead atoms. The van der Waals surface area contributed by atoms with Crippen molar-refractivity contribution in [1.29, 1.82) is 10.5 Å². The van der Waals surface area contributed by atoms with Gasteiger partial charge in [-0.05, 0) is 17.6 Å². The molecule has 0 unspecified atom stereocenters. The molecule has 0 fully saturated rings. The molecule has 0 aromatic heterocycles. The maximum absolute atomic E-state index is 8.24. The van der Waals surface area contributed by atoms with Crippen molar-refractivity contribution >= 4 is 23.2 Å². The highest BCUT2D eigenvalue weighted by atomic mass is 35.5. The zero-order valence-corrected chi connectivity index (χ0v) is 11.0. The predicted octanol–water partition coefficient (Wildman–Crippen LogP) is 4.17. The molecule has 0 aromatic carbocycles. The first-order valence-electron chi connectivity index (χ1n) is 4.86. The molecule has 0 aliphatic heterocycles. The van der Waals surface area contributed by atoms with E-state index in [9.17, 15) is 0 Å². The Labute approximate surface area is 108 Å². The molecule has 88 valence electrons. The van der Waals surface area contributed by atoms with Gasteiger partial charge in [-0.2, -0.15) is 10.5 Å². The Balaban J connectivity index is 0. The van der Waals surface area contributed by atoms with Gasteiger partial charge in [0.15, 0.2) is 0 Å². The van der Waals surface area contributed by atoms with Gasteiger partial charge in [-0.3, -0.25) is 0 Å². The molecule has 0 saturated carbocycles. The zero-order valence-electron chi connectivity index (χ0n) is 9.47. The third-order valence-corrected chi connectivity index (χ3v) is 2.21. The van der Waals surface area contributed by atoms with E-state index in [1.807, 2.05) is 19.1 Å². The lowest BCUT2D eigenvalue weighted by molar-refractivity contribution is 1.13. The lowest BCUT2D eigenvalue weighted by Crippen LogP contribution is -1.81. The minimum atomic E-state index is 0.378. The predicted molar refractivity (Wildman–Crippen MR) is 69.4 cm³/mol. The molecule has 16 heavy (non-hydrogen) atoms. The molecule has 0 aromatic rings. The molecule has 4 heteroatoms. The summed E-state index contributed by atoms with van der Waals surface area (Å²) in [6.07, 6.45) is 3.81. The van der Waals surface area contributed by atoms with E-state index in [1.165, 1.54) is 0 Å². The SMILES string of the molecule is C=C(CCl)CC#N.CCC=C(CCl)CC#N. The number of nitriles is 2. The lowest BCUT2D eigenvalue weighted by Gasteiger charge is -1.92. The number of alkyl halides is 2. The number of halogens is 2. The fraction of sp³-hybridized carbons (Fsp3) is 0.500. The second-order valence-corrected chi connectivity index (χ2v) is 3.49. The number of hydrogen-bond acceptors (Lipinski definition) is 2. The van der Waals surface area contributed by atoms with Crippen LogP contribution in [0, 0.1) is 22.7 Å². The zero-order chi connectivity index (χ0) is 12.8. The second-order valence-electron chi connectivity index (χ2n) is 2.96. The smallest absolute Gasteiger partial charge is 0.0666 e. The molecule has 2 nitrogen and oxygen atoms in total. The molecule has 0 radical (unpaired) electrons. The van der Waals surface area contributed by atoms with Crippen LogP contribution < -0.4 is 0 Å². The van der Waals surface area contributed by atoms with E-state index in [0.717, 1.165) is 17.6 Å². The van der Waals surface area contributed by atoms with Gasteiger partial charge in [-0.25, -0.2) is 0 Å². The fourth-order valence-electron chi connectivity index (χ4n) is 0.723. The van der Waals surface area contributed by atoms with Crippen LogP contribution in [0.1, 0.15) is 26.2 Å². The van der Waals surface area contributed by atoms with Crippen molar-refractivity contribution in [2.75, 3.05) is 11.8 Å². The topological polar surface area (TPSA) is 47.6 Å². The first-order chi connectivity index (χ1) is 7.65. The monoisotopic (exact) mass is 258 g/mol. The Morgan fingerprint density at radius 2 is 1.75 bits per heavy atom. The van der Waals surface area contributed by atoms with Crippen LogP contribution in [0.2, 0.25) is 0 Å². The van der Waals surface area contributed by atoms with Gasteiger partial charge < -0.3 is 0 Å². The third kappa shape index (κ3) is 13.0.